The lowest BCUT2D eigenvalue weighted by Gasteiger charge is -2.28. The number of nitrogens with two attached hydrogens (primary N) is 1. The Balaban J connectivity index is 1.83. The van der Waals surface area contributed by atoms with E-state index in [1.54, 1.807) is 6.20 Å². The molecule has 1 aromatic carbocycles. The van der Waals surface area contributed by atoms with Crippen molar-refractivity contribution in [2.75, 3.05) is 36.8 Å². The fraction of sp³-hybridized carbons (Fsp3) is 0.250. The zero-order valence-electron chi connectivity index (χ0n) is 12.6. The van der Waals surface area contributed by atoms with Crippen molar-refractivity contribution in [1.29, 1.82) is 0 Å². The smallest absolute Gasteiger partial charge is 0.224 e. The summed E-state index contributed by atoms with van der Waals surface area (Å²) in [5.41, 5.74) is 8.90. The van der Waals surface area contributed by atoms with Crippen LogP contribution in [0.4, 0.5) is 11.8 Å². The number of anilines is 2. The molecule has 2 aromatic heterocycles. The number of benzene rings is 1. The van der Waals surface area contributed by atoms with E-state index in [4.69, 9.17) is 5.73 Å². The molecule has 116 valence electrons. The third kappa shape index (κ3) is 2.66. The van der Waals surface area contributed by atoms with Gasteiger partial charge in [0.2, 0.25) is 5.95 Å². The minimum absolute atomic E-state index is 0.227. The molecule has 1 fully saturated rings. The molecular weight excluding hydrogens is 290 g/mol. The summed E-state index contributed by atoms with van der Waals surface area (Å²) in [6.07, 6.45) is 1.77. The van der Waals surface area contributed by atoms with Crippen LogP contribution in [0.15, 0.2) is 36.5 Å². The molecular formula is C16H17N7. The van der Waals surface area contributed by atoms with Crippen LogP contribution in [0.25, 0.3) is 22.4 Å². The standard InChI is InChI=1S/C16H17N7/c17-16-21-14-13(15(22-16)23-8-6-18-7-9-23)19-10-12(20-14)11-4-2-1-3-5-11/h1-5,10,18H,6-9H2,(H2,17,20,21,22). The van der Waals surface area contributed by atoms with E-state index in [2.05, 4.69) is 30.2 Å². The van der Waals surface area contributed by atoms with Gasteiger partial charge in [-0.25, -0.2) is 9.97 Å². The number of hydrogen-bond donors (Lipinski definition) is 2. The maximum atomic E-state index is 5.89. The Morgan fingerprint density at radius 1 is 1.00 bits per heavy atom. The van der Waals surface area contributed by atoms with Crippen molar-refractivity contribution in [1.82, 2.24) is 25.3 Å². The number of rotatable bonds is 2. The number of hydrogen-bond acceptors (Lipinski definition) is 7. The number of fused-ring (bicyclic) bond motifs is 1. The lowest BCUT2D eigenvalue weighted by atomic mass is 10.2. The van der Waals surface area contributed by atoms with Crippen molar-refractivity contribution in [2.45, 2.75) is 0 Å². The molecule has 0 bridgehead atoms. The molecule has 3 N–H and O–H groups in total. The maximum absolute atomic E-state index is 5.89. The van der Waals surface area contributed by atoms with Gasteiger partial charge >= 0.3 is 0 Å². The zero-order chi connectivity index (χ0) is 15.6. The van der Waals surface area contributed by atoms with E-state index in [-0.39, 0.29) is 5.95 Å². The maximum Gasteiger partial charge on any atom is 0.224 e. The summed E-state index contributed by atoms with van der Waals surface area (Å²) in [5.74, 6) is 0.992. The summed E-state index contributed by atoms with van der Waals surface area (Å²) >= 11 is 0. The summed E-state index contributed by atoms with van der Waals surface area (Å²) in [6.45, 7) is 3.57. The first-order valence-electron chi connectivity index (χ1n) is 7.62. The third-order valence-electron chi connectivity index (χ3n) is 3.89. The predicted octanol–water partition coefficient (Wildman–Crippen LogP) is 1.08. The van der Waals surface area contributed by atoms with Gasteiger partial charge in [0.1, 0.15) is 0 Å². The van der Waals surface area contributed by atoms with Crippen molar-refractivity contribution < 1.29 is 0 Å². The molecule has 0 atom stereocenters. The largest absolute Gasteiger partial charge is 0.368 e. The number of nitrogen functional groups attached to an aromatic ring is 1. The van der Waals surface area contributed by atoms with Gasteiger partial charge in [0.15, 0.2) is 17.0 Å². The van der Waals surface area contributed by atoms with Gasteiger partial charge in [-0.1, -0.05) is 30.3 Å². The molecule has 1 aliphatic rings. The second-order valence-electron chi connectivity index (χ2n) is 5.44. The summed E-state index contributed by atoms with van der Waals surface area (Å²) < 4.78 is 0. The average Bonchev–Trinajstić information content (AvgIpc) is 2.62. The van der Waals surface area contributed by atoms with Gasteiger partial charge in [-0.2, -0.15) is 9.97 Å². The highest BCUT2D eigenvalue weighted by molar-refractivity contribution is 5.85. The van der Waals surface area contributed by atoms with Gasteiger partial charge in [0.25, 0.3) is 0 Å². The van der Waals surface area contributed by atoms with Crippen molar-refractivity contribution in [3.63, 3.8) is 0 Å². The van der Waals surface area contributed by atoms with Crippen molar-refractivity contribution >= 4 is 22.9 Å². The Bertz CT molecular complexity index is 828. The highest BCUT2D eigenvalue weighted by atomic mass is 15.3. The molecule has 0 amide bonds. The fourth-order valence-electron chi connectivity index (χ4n) is 2.76. The van der Waals surface area contributed by atoms with E-state index < -0.39 is 0 Å². The number of nitrogens with zero attached hydrogens (tertiary/aromatic N) is 5. The Morgan fingerprint density at radius 3 is 2.57 bits per heavy atom. The number of nitrogens with one attached hydrogen (secondary N) is 1. The van der Waals surface area contributed by atoms with Gasteiger partial charge in [-0.3, -0.25) is 0 Å². The highest BCUT2D eigenvalue weighted by Crippen LogP contribution is 2.24. The first-order valence-corrected chi connectivity index (χ1v) is 7.62. The molecule has 7 heteroatoms. The first kappa shape index (κ1) is 13.8. The Labute approximate surface area is 133 Å². The number of aromatic nitrogens is 4. The van der Waals surface area contributed by atoms with Gasteiger partial charge < -0.3 is 16.0 Å². The van der Waals surface area contributed by atoms with Gasteiger partial charge in [-0.15, -0.1) is 0 Å². The minimum Gasteiger partial charge on any atom is -0.368 e. The zero-order valence-corrected chi connectivity index (χ0v) is 12.6. The minimum atomic E-state index is 0.227. The van der Waals surface area contributed by atoms with Gasteiger partial charge in [-0.05, 0) is 0 Å². The highest BCUT2D eigenvalue weighted by Gasteiger charge is 2.18. The second kappa shape index (κ2) is 5.77. The van der Waals surface area contributed by atoms with Crippen LogP contribution in [0, 0.1) is 0 Å². The van der Waals surface area contributed by atoms with E-state index in [9.17, 15) is 0 Å². The summed E-state index contributed by atoms with van der Waals surface area (Å²) in [7, 11) is 0. The predicted molar refractivity (Wildman–Crippen MR) is 90.1 cm³/mol. The summed E-state index contributed by atoms with van der Waals surface area (Å²) in [6, 6.07) is 9.92. The fourth-order valence-corrected chi connectivity index (χ4v) is 2.76. The molecule has 0 saturated carbocycles. The van der Waals surface area contributed by atoms with Gasteiger partial charge in [0.05, 0.1) is 11.9 Å². The van der Waals surface area contributed by atoms with Crippen LogP contribution in [0.3, 0.4) is 0 Å². The van der Waals surface area contributed by atoms with Crippen molar-refractivity contribution in [3.8, 4) is 11.3 Å². The van der Waals surface area contributed by atoms with Crippen molar-refractivity contribution in [2.24, 2.45) is 0 Å². The van der Waals surface area contributed by atoms with Crippen LogP contribution in [0.1, 0.15) is 0 Å². The first-order chi connectivity index (χ1) is 11.3. The topological polar surface area (TPSA) is 92.8 Å². The lowest BCUT2D eigenvalue weighted by Crippen LogP contribution is -2.44. The third-order valence-corrected chi connectivity index (χ3v) is 3.89. The summed E-state index contributed by atoms with van der Waals surface area (Å²) in [5, 5.41) is 3.33. The average molecular weight is 307 g/mol. The molecule has 1 aliphatic heterocycles. The Kier molecular flexibility index (Phi) is 3.47. The van der Waals surface area contributed by atoms with E-state index in [1.165, 1.54) is 0 Å². The molecule has 0 radical (unpaired) electrons. The molecule has 0 unspecified atom stereocenters. The van der Waals surface area contributed by atoms with Crippen LogP contribution < -0.4 is 16.0 Å². The molecule has 0 spiro atoms. The van der Waals surface area contributed by atoms with Crippen LogP contribution in [-0.4, -0.2) is 46.1 Å². The molecule has 23 heavy (non-hydrogen) atoms. The Hall–Kier alpha value is -2.80. The van der Waals surface area contributed by atoms with E-state index in [0.717, 1.165) is 43.3 Å². The second-order valence-corrected chi connectivity index (χ2v) is 5.44. The van der Waals surface area contributed by atoms with Crippen LogP contribution in [0.2, 0.25) is 0 Å². The summed E-state index contributed by atoms with van der Waals surface area (Å²) in [4.78, 5) is 20.0. The SMILES string of the molecule is Nc1nc(N2CCNCC2)c2ncc(-c3ccccc3)nc2n1. The normalized spacial score (nSPS) is 15.0. The van der Waals surface area contributed by atoms with Crippen LogP contribution in [0.5, 0.6) is 0 Å². The molecule has 4 rings (SSSR count). The number of piperazine rings is 1. The quantitative estimate of drug-likeness (QED) is 0.731. The molecule has 1 saturated heterocycles. The van der Waals surface area contributed by atoms with E-state index in [0.29, 0.717) is 11.2 Å². The molecule has 0 aliphatic carbocycles. The Morgan fingerprint density at radius 2 is 1.78 bits per heavy atom. The monoisotopic (exact) mass is 307 g/mol. The molecule has 7 nitrogen and oxygen atoms in total. The van der Waals surface area contributed by atoms with E-state index in [1.807, 2.05) is 30.3 Å². The molecule has 3 aromatic rings. The van der Waals surface area contributed by atoms with Crippen LogP contribution >= 0.6 is 0 Å². The molecule has 3 heterocycles. The van der Waals surface area contributed by atoms with Crippen molar-refractivity contribution in [3.05, 3.63) is 36.5 Å². The lowest BCUT2D eigenvalue weighted by molar-refractivity contribution is 0.586. The van der Waals surface area contributed by atoms with E-state index >= 15 is 0 Å². The van der Waals surface area contributed by atoms with Crippen LogP contribution in [-0.2, 0) is 0 Å². The van der Waals surface area contributed by atoms with Gasteiger partial charge in [0, 0.05) is 31.7 Å².